The number of carbonyl (C=O) groups excluding carboxylic acids is 1. The Bertz CT molecular complexity index is 497. The molecule has 1 heterocycles. The van der Waals surface area contributed by atoms with E-state index in [-0.39, 0.29) is 12.5 Å². The molecule has 0 bridgehead atoms. The number of alkyl halides is 3. The third kappa shape index (κ3) is 6.09. The Morgan fingerprint density at radius 2 is 2.04 bits per heavy atom. The number of nitrogens with one attached hydrogen (secondary N) is 2. The number of carbonyl (C=O) groups is 1. The number of rotatable bonds is 7. The molecule has 1 unspecified atom stereocenters. The van der Waals surface area contributed by atoms with Gasteiger partial charge in [-0.3, -0.25) is 4.79 Å². The van der Waals surface area contributed by atoms with Crippen molar-refractivity contribution in [3.63, 3.8) is 0 Å². The summed E-state index contributed by atoms with van der Waals surface area (Å²) < 4.78 is 42.5. The van der Waals surface area contributed by atoms with Gasteiger partial charge in [-0.2, -0.15) is 13.2 Å². The second-order valence-electron chi connectivity index (χ2n) is 5.62. The number of hydrogen-bond donors (Lipinski definition) is 2. The maximum atomic E-state index is 12.4. The molecule has 2 rings (SSSR count). The normalized spacial score (nSPS) is 18.0. The van der Waals surface area contributed by atoms with Crippen molar-refractivity contribution in [2.45, 2.75) is 25.4 Å². The molecule has 128 valence electrons. The molecule has 7 heteroatoms. The van der Waals surface area contributed by atoms with Gasteiger partial charge in [-0.25, -0.2) is 0 Å². The lowest BCUT2D eigenvalue weighted by Crippen LogP contribution is -2.28. The Labute approximate surface area is 133 Å². The summed E-state index contributed by atoms with van der Waals surface area (Å²) in [4.78, 5) is 11.7. The first kappa shape index (κ1) is 17.6. The van der Waals surface area contributed by atoms with E-state index in [1.807, 2.05) is 0 Å². The van der Waals surface area contributed by atoms with E-state index in [2.05, 4.69) is 10.6 Å². The molecular formula is C16H21F3N2O2. The molecule has 0 aromatic heterocycles. The van der Waals surface area contributed by atoms with Gasteiger partial charge in [0.25, 0.3) is 0 Å². The topological polar surface area (TPSA) is 50.4 Å². The van der Waals surface area contributed by atoms with E-state index in [9.17, 15) is 18.0 Å². The van der Waals surface area contributed by atoms with Crippen LogP contribution in [0.2, 0.25) is 0 Å². The van der Waals surface area contributed by atoms with Crippen LogP contribution in [0.25, 0.3) is 0 Å². The maximum absolute atomic E-state index is 12.4. The van der Waals surface area contributed by atoms with E-state index in [0.29, 0.717) is 24.6 Å². The Hall–Kier alpha value is -1.76. The molecule has 0 aliphatic carbocycles. The molecule has 2 N–H and O–H groups in total. The van der Waals surface area contributed by atoms with Gasteiger partial charge in [0, 0.05) is 6.42 Å². The highest BCUT2D eigenvalue weighted by atomic mass is 19.4. The second-order valence-corrected chi connectivity index (χ2v) is 5.62. The average molecular weight is 330 g/mol. The van der Waals surface area contributed by atoms with Gasteiger partial charge < -0.3 is 15.4 Å². The molecule has 0 radical (unpaired) electrons. The molecule has 1 aromatic carbocycles. The van der Waals surface area contributed by atoms with E-state index in [1.54, 1.807) is 0 Å². The average Bonchev–Trinajstić information content (AvgIpc) is 3.02. The molecule has 1 atom stereocenters. The van der Waals surface area contributed by atoms with E-state index < -0.39 is 11.7 Å². The van der Waals surface area contributed by atoms with Crippen molar-refractivity contribution < 1.29 is 22.7 Å². The van der Waals surface area contributed by atoms with E-state index in [1.165, 1.54) is 12.1 Å². The van der Waals surface area contributed by atoms with Gasteiger partial charge in [0.1, 0.15) is 12.4 Å². The molecule has 1 aliphatic heterocycles. The summed E-state index contributed by atoms with van der Waals surface area (Å²) >= 11 is 0. The van der Waals surface area contributed by atoms with E-state index >= 15 is 0 Å². The van der Waals surface area contributed by atoms with Crippen molar-refractivity contribution in [1.82, 2.24) is 10.6 Å². The molecule has 1 saturated heterocycles. The van der Waals surface area contributed by atoms with Gasteiger partial charge in [-0.05, 0) is 56.1 Å². The summed E-state index contributed by atoms with van der Waals surface area (Å²) in [5, 5.41) is 6.01. The van der Waals surface area contributed by atoms with Crippen molar-refractivity contribution in [1.29, 1.82) is 0 Å². The zero-order valence-electron chi connectivity index (χ0n) is 12.8. The van der Waals surface area contributed by atoms with Gasteiger partial charge >= 0.3 is 6.18 Å². The predicted octanol–water partition coefficient (Wildman–Crippen LogP) is 2.59. The highest BCUT2D eigenvalue weighted by Crippen LogP contribution is 2.30. The first-order chi connectivity index (χ1) is 10.9. The van der Waals surface area contributed by atoms with Crippen molar-refractivity contribution in [2.24, 2.45) is 5.92 Å². The molecular weight excluding hydrogens is 309 g/mol. The molecule has 0 saturated carbocycles. The van der Waals surface area contributed by atoms with Gasteiger partial charge in [0.05, 0.1) is 12.1 Å². The zero-order chi connectivity index (χ0) is 16.7. The molecule has 1 fully saturated rings. The summed E-state index contributed by atoms with van der Waals surface area (Å²) in [7, 11) is 0. The van der Waals surface area contributed by atoms with Crippen molar-refractivity contribution in [3.8, 4) is 5.75 Å². The van der Waals surface area contributed by atoms with Crippen LogP contribution in [0.3, 0.4) is 0 Å². The minimum atomic E-state index is -4.35. The summed E-state index contributed by atoms with van der Waals surface area (Å²) in [5.74, 6) is 0.904. The fraction of sp³-hybridized carbons (Fsp3) is 0.562. The number of benzene rings is 1. The second kappa shape index (κ2) is 8.19. The number of ether oxygens (including phenoxy) is 1. The van der Waals surface area contributed by atoms with Gasteiger partial charge in [-0.1, -0.05) is 0 Å². The zero-order valence-corrected chi connectivity index (χ0v) is 12.8. The standard InChI is InChI=1S/C16H21F3N2O2/c17-16(18,19)13-2-4-14(5-3-13)23-10-9-21-15(22)6-1-12-7-8-20-11-12/h2-5,12,20H,1,6-11H2,(H,21,22). The van der Waals surface area contributed by atoms with Crippen LogP contribution in [0.15, 0.2) is 24.3 Å². The highest BCUT2D eigenvalue weighted by Gasteiger charge is 2.29. The summed E-state index contributed by atoms with van der Waals surface area (Å²) in [5.41, 5.74) is -0.709. The van der Waals surface area contributed by atoms with Crippen LogP contribution < -0.4 is 15.4 Å². The Balaban J connectivity index is 1.60. The monoisotopic (exact) mass is 330 g/mol. The third-order valence-electron chi connectivity index (χ3n) is 3.82. The SMILES string of the molecule is O=C(CCC1CCNC1)NCCOc1ccc(C(F)(F)F)cc1. The minimum absolute atomic E-state index is 0.0204. The summed E-state index contributed by atoms with van der Waals surface area (Å²) in [6, 6.07) is 4.50. The quantitative estimate of drug-likeness (QED) is 0.756. The number of hydrogen-bond acceptors (Lipinski definition) is 3. The number of amides is 1. The van der Waals surface area contributed by atoms with Crippen LogP contribution >= 0.6 is 0 Å². The third-order valence-corrected chi connectivity index (χ3v) is 3.82. The van der Waals surface area contributed by atoms with E-state index in [4.69, 9.17) is 4.74 Å². The van der Waals surface area contributed by atoms with Crippen LogP contribution in [0.1, 0.15) is 24.8 Å². The Morgan fingerprint density at radius 3 is 2.65 bits per heavy atom. The van der Waals surface area contributed by atoms with Crippen molar-refractivity contribution >= 4 is 5.91 Å². The molecule has 1 amide bonds. The first-order valence-corrected chi connectivity index (χ1v) is 7.72. The molecule has 23 heavy (non-hydrogen) atoms. The molecule has 1 aromatic rings. The summed E-state index contributed by atoms with van der Waals surface area (Å²) in [6.45, 7) is 2.56. The minimum Gasteiger partial charge on any atom is -0.492 e. The molecule has 1 aliphatic rings. The van der Waals surface area contributed by atoms with E-state index in [0.717, 1.165) is 38.1 Å². The van der Waals surface area contributed by atoms with Crippen LogP contribution in [-0.4, -0.2) is 32.1 Å². The lowest BCUT2D eigenvalue weighted by molar-refractivity contribution is -0.137. The van der Waals surface area contributed by atoms with Crippen LogP contribution in [0, 0.1) is 5.92 Å². The van der Waals surface area contributed by atoms with Crippen LogP contribution in [-0.2, 0) is 11.0 Å². The largest absolute Gasteiger partial charge is 0.492 e. The smallest absolute Gasteiger partial charge is 0.416 e. The fourth-order valence-corrected chi connectivity index (χ4v) is 2.48. The van der Waals surface area contributed by atoms with Gasteiger partial charge in [-0.15, -0.1) is 0 Å². The van der Waals surface area contributed by atoms with Crippen LogP contribution in [0.4, 0.5) is 13.2 Å². The van der Waals surface area contributed by atoms with Gasteiger partial charge in [0.15, 0.2) is 0 Å². The fourth-order valence-electron chi connectivity index (χ4n) is 2.48. The maximum Gasteiger partial charge on any atom is 0.416 e. The Morgan fingerprint density at radius 1 is 1.30 bits per heavy atom. The first-order valence-electron chi connectivity index (χ1n) is 7.72. The lowest BCUT2D eigenvalue weighted by Gasteiger charge is -2.11. The number of halogens is 3. The van der Waals surface area contributed by atoms with Crippen LogP contribution in [0.5, 0.6) is 5.75 Å². The van der Waals surface area contributed by atoms with Gasteiger partial charge in [0.2, 0.25) is 5.91 Å². The predicted molar refractivity (Wildman–Crippen MR) is 80.2 cm³/mol. The Kier molecular flexibility index (Phi) is 6.27. The molecule has 0 spiro atoms. The molecule has 4 nitrogen and oxygen atoms in total. The highest BCUT2D eigenvalue weighted by molar-refractivity contribution is 5.75. The lowest BCUT2D eigenvalue weighted by atomic mass is 10.0. The summed E-state index contributed by atoms with van der Waals surface area (Å²) in [6.07, 6.45) is -1.86. The van der Waals surface area contributed by atoms with Crippen molar-refractivity contribution in [3.05, 3.63) is 29.8 Å². The van der Waals surface area contributed by atoms with Crippen molar-refractivity contribution in [2.75, 3.05) is 26.2 Å².